The summed E-state index contributed by atoms with van der Waals surface area (Å²) in [6.45, 7) is 4.11. The minimum absolute atomic E-state index is 0. The first kappa shape index (κ1) is 15.6. The predicted octanol–water partition coefficient (Wildman–Crippen LogP) is 1.26. The van der Waals surface area contributed by atoms with Crippen LogP contribution >= 0.6 is 12.4 Å². The maximum atomic E-state index is 12.3. The van der Waals surface area contributed by atoms with Crippen molar-refractivity contribution in [3.8, 4) is 11.5 Å². The van der Waals surface area contributed by atoms with Crippen LogP contribution in [0.4, 0.5) is 0 Å². The van der Waals surface area contributed by atoms with Crippen LogP contribution < -0.4 is 10.1 Å². The Labute approximate surface area is 119 Å². The van der Waals surface area contributed by atoms with Gasteiger partial charge >= 0.3 is 0 Å². The Balaban J connectivity index is 0.00000180. The van der Waals surface area contributed by atoms with Crippen molar-refractivity contribution in [2.24, 2.45) is 0 Å². The van der Waals surface area contributed by atoms with Gasteiger partial charge in [0.2, 0.25) is 0 Å². The number of hydrogen-bond acceptors (Lipinski definition) is 4. The van der Waals surface area contributed by atoms with Crippen molar-refractivity contribution in [2.45, 2.75) is 13.0 Å². The third kappa shape index (κ3) is 3.52. The molecule has 0 saturated carbocycles. The Kier molecular flexibility index (Phi) is 5.44. The lowest BCUT2D eigenvalue weighted by Gasteiger charge is -2.32. The van der Waals surface area contributed by atoms with Crippen molar-refractivity contribution in [1.82, 2.24) is 10.2 Å². The lowest BCUT2D eigenvalue weighted by Crippen LogP contribution is -2.51. The lowest BCUT2D eigenvalue weighted by atomic mass is 10.1. The van der Waals surface area contributed by atoms with Crippen molar-refractivity contribution in [1.29, 1.82) is 0 Å². The van der Waals surface area contributed by atoms with Gasteiger partial charge in [-0.1, -0.05) is 0 Å². The molecular weight excluding hydrogens is 268 g/mol. The van der Waals surface area contributed by atoms with Gasteiger partial charge in [0.15, 0.2) is 0 Å². The van der Waals surface area contributed by atoms with E-state index in [1.165, 1.54) is 13.2 Å². The number of benzene rings is 1. The van der Waals surface area contributed by atoms with E-state index in [4.69, 9.17) is 4.74 Å². The van der Waals surface area contributed by atoms with E-state index in [-0.39, 0.29) is 30.1 Å². The van der Waals surface area contributed by atoms with Crippen LogP contribution in [0.5, 0.6) is 11.5 Å². The maximum Gasteiger partial charge on any atom is 0.257 e. The SMILES string of the molecule is COc1ccc(O)c(C(=O)N2CCN[C@@H](C)C2)c1.Cl. The number of aromatic hydroxyl groups is 1. The molecule has 1 saturated heterocycles. The fourth-order valence-electron chi connectivity index (χ4n) is 2.10. The molecule has 5 nitrogen and oxygen atoms in total. The molecule has 1 heterocycles. The van der Waals surface area contributed by atoms with Crippen LogP contribution in [-0.4, -0.2) is 48.7 Å². The zero-order valence-corrected chi connectivity index (χ0v) is 11.9. The third-order valence-electron chi connectivity index (χ3n) is 3.09. The van der Waals surface area contributed by atoms with Crippen molar-refractivity contribution >= 4 is 18.3 Å². The Morgan fingerprint density at radius 1 is 1.53 bits per heavy atom. The maximum absolute atomic E-state index is 12.3. The molecule has 0 bridgehead atoms. The lowest BCUT2D eigenvalue weighted by molar-refractivity contribution is 0.0705. The largest absolute Gasteiger partial charge is 0.507 e. The fraction of sp³-hybridized carbons (Fsp3) is 0.462. The molecule has 19 heavy (non-hydrogen) atoms. The summed E-state index contributed by atoms with van der Waals surface area (Å²) >= 11 is 0. The molecule has 6 heteroatoms. The number of phenolic OH excluding ortho intramolecular Hbond substituents is 1. The van der Waals surface area contributed by atoms with Gasteiger partial charge in [0.05, 0.1) is 12.7 Å². The Morgan fingerprint density at radius 3 is 2.89 bits per heavy atom. The summed E-state index contributed by atoms with van der Waals surface area (Å²) in [5.74, 6) is 0.408. The molecule has 0 aliphatic carbocycles. The predicted molar refractivity (Wildman–Crippen MR) is 75.3 cm³/mol. The number of piperazine rings is 1. The second kappa shape index (κ2) is 6.63. The van der Waals surface area contributed by atoms with Gasteiger partial charge in [0.25, 0.3) is 5.91 Å². The summed E-state index contributed by atoms with van der Waals surface area (Å²) in [6, 6.07) is 4.96. The molecule has 1 aromatic carbocycles. The van der Waals surface area contributed by atoms with Gasteiger partial charge in [-0.25, -0.2) is 0 Å². The van der Waals surface area contributed by atoms with E-state index in [2.05, 4.69) is 5.32 Å². The van der Waals surface area contributed by atoms with Gasteiger partial charge < -0.3 is 20.1 Å². The highest BCUT2D eigenvalue weighted by atomic mass is 35.5. The van der Waals surface area contributed by atoms with Crippen LogP contribution in [0.1, 0.15) is 17.3 Å². The number of methoxy groups -OCH3 is 1. The average molecular weight is 287 g/mol. The quantitative estimate of drug-likeness (QED) is 0.859. The highest BCUT2D eigenvalue weighted by molar-refractivity contribution is 5.97. The minimum Gasteiger partial charge on any atom is -0.507 e. The number of nitrogens with zero attached hydrogens (tertiary/aromatic N) is 1. The van der Waals surface area contributed by atoms with Gasteiger partial charge in [-0.2, -0.15) is 0 Å². The Bertz CT molecular complexity index is 454. The molecule has 0 unspecified atom stereocenters. The molecule has 1 aliphatic heterocycles. The van der Waals surface area contributed by atoms with E-state index >= 15 is 0 Å². The van der Waals surface area contributed by atoms with E-state index in [1.54, 1.807) is 17.0 Å². The Morgan fingerprint density at radius 2 is 2.26 bits per heavy atom. The van der Waals surface area contributed by atoms with Gasteiger partial charge in [-0.15, -0.1) is 12.4 Å². The molecule has 0 aromatic heterocycles. The number of carbonyl (C=O) groups excluding carboxylic acids is 1. The van der Waals surface area contributed by atoms with Gasteiger partial charge in [-0.05, 0) is 25.1 Å². The fourth-order valence-corrected chi connectivity index (χ4v) is 2.10. The molecule has 1 fully saturated rings. The average Bonchev–Trinajstić information content (AvgIpc) is 2.38. The first-order chi connectivity index (χ1) is 8.61. The van der Waals surface area contributed by atoms with Gasteiger partial charge in [0.1, 0.15) is 11.5 Å². The van der Waals surface area contributed by atoms with Crippen LogP contribution in [0, 0.1) is 0 Å². The molecule has 1 aliphatic rings. The first-order valence-corrected chi connectivity index (χ1v) is 6.01. The molecule has 0 radical (unpaired) electrons. The Hall–Kier alpha value is -1.46. The monoisotopic (exact) mass is 286 g/mol. The number of carbonyl (C=O) groups is 1. The molecule has 2 N–H and O–H groups in total. The zero-order chi connectivity index (χ0) is 13.1. The van der Waals surface area contributed by atoms with Crippen molar-refractivity contribution in [2.75, 3.05) is 26.7 Å². The number of amides is 1. The molecular formula is C13H19ClN2O3. The summed E-state index contributed by atoms with van der Waals surface area (Å²) in [6.07, 6.45) is 0. The van der Waals surface area contributed by atoms with Crippen molar-refractivity contribution < 1.29 is 14.6 Å². The van der Waals surface area contributed by atoms with E-state index in [0.717, 1.165) is 6.54 Å². The number of hydrogen-bond donors (Lipinski definition) is 2. The number of ether oxygens (including phenoxy) is 1. The van der Waals surface area contributed by atoms with Gasteiger partial charge in [0, 0.05) is 25.7 Å². The summed E-state index contributed by atoms with van der Waals surface area (Å²) in [7, 11) is 1.54. The van der Waals surface area contributed by atoms with Crippen molar-refractivity contribution in [3.05, 3.63) is 23.8 Å². The smallest absolute Gasteiger partial charge is 0.257 e. The van der Waals surface area contributed by atoms with E-state index in [1.807, 2.05) is 6.92 Å². The van der Waals surface area contributed by atoms with Crippen LogP contribution in [0.2, 0.25) is 0 Å². The summed E-state index contributed by atoms with van der Waals surface area (Å²) in [4.78, 5) is 14.1. The highest BCUT2D eigenvalue weighted by Gasteiger charge is 2.23. The minimum atomic E-state index is -0.153. The number of phenols is 1. The third-order valence-corrected chi connectivity index (χ3v) is 3.09. The summed E-state index contributed by atoms with van der Waals surface area (Å²) in [5, 5.41) is 13.1. The van der Waals surface area contributed by atoms with Gasteiger partial charge in [-0.3, -0.25) is 4.79 Å². The first-order valence-electron chi connectivity index (χ1n) is 6.01. The van der Waals surface area contributed by atoms with Crippen molar-refractivity contribution in [3.63, 3.8) is 0 Å². The number of rotatable bonds is 2. The molecule has 1 aromatic rings. The van der Waals surface area contributed by atoms with E-state index < -0.39 is 0 Å². The second-order valence-electron chi connectivity index (χ2n) is 4.49. The number of nitrogens with one attached hydrogen (secondary N) is 1. The molecule has 1 amide bonds. The van der Waals surface area contributed by atoms with Crippen LogP contribution in [-0.2, 0) is 0 Å². The standard InChI is InChI=1S/C13H18N2O3.ClH/c1-9-8-15(6-5-14-9)13(17)11-7-10(18-2)3-4-12(11)16;/h3-4,7,9,14,16H,5-6,8H2,1-2H3;1H/t9-;/m0./s1. The van der Waals surface area contributed by atoms with Crippen LogP contribution in [0.15, 0.2) is 18.2 Å². The second-order valence-corrected chi connectivity index (χ2v) is 4.49. The zero-order valence-electron chi connectivity index (χ0n) is 11.0. The molecule has 106 valence electrons. The van der Waals surface area contributed by atoms with Crippen LogP contribution in [0.25, 0.3) is 0 Å². The normalized spacial score (nSPS) is 18.6. The van der Waals surface area contributed by atoms with E-state index in [0.29, 0.717) is 24.4 Å². The summed E-state index contributed by atoms with van der Waals surface area (Å²) < 4.78 is 5.07. The molecule has 2 rings (SSSR count). The topological polar surface area (TPSA) is 61.8 Å². The highest BCUT2D eigenvalue weighted by Crippen LogP contribution is 2.24. The summed E-state index contributed by atoms with van der Waals surface area (Å²) in [5.41, 5.74) is 0.295. The number of halogens is 1. The molecule has 1 atom stereocenters. The van der Waals surface area contributed by atoms with E-state index in [9.17, 15) is 9.90 Å². The molecule has 0 spiro atoms. The van der Waals surface area contributed by atoms with Crippen LogP contribution in [0.3, 0.4) is 0 Å².